The number of hydroxylamine groups is 2. The summed E-state index contributed by atoms with van der Waals surface area (Å²) in [6.07, 6.45) is 2.97. The van der Waals surface area contributed by atoms with E-state index in [0.29, 0.717) is 18.7 Å². The Morgan fingerprint density at radius 3 is 2.64 bits per heavy atom. The van der Waals surface area contributed by atoms with E-state index in [9.17, 15) is 4.79 Å². The van der Waals surface area contributed by atoms with Crippen molar-refractivity contribution in [2.24, 2.45) is 7.05 Å². The SMILES string of the molecule is CON(C(=O)CCc1ccc(-c2nnn(C)n2)cc1)C1CCNCC1. The molecule has 1 saturated heterocycles. The van der Waals surface area contributed by atoms with Gasteiger partial charge >= 0.3 is 0 Å². The molecule has 8 nitrogen and oxygen atoms in total. The van der Waals surface area contributed by atoms with Gasteiger partial charge in [0.1, 0.15) is 0 Å². The first kappa shape index (κ1) is 17.5. The van der Waals surface area contributed by atoms with Crippen molar-refractivity contribution >= 4 is 5.91 Å². The van der Waals surface area contributed by atoms with Gasteiger partial charge in [-0.15, -0.1) is 10.2 Å². The lowest BCUT2D eigenvalue weighted by molar-refractivity contribution is -0.190. The van der Waals surface area contributed by atoms with Crippen LogP contribution >= 0.6 is 0 Å². The maximum absolute atomic E-state index is 12.5. The molecule has 3 rings (SSSR count). The lowest BCUT2D eigenvalue weighted by Crippen LogP contribution is -2.45. The van der Waals surface area contributed by atoms with Crippen molar-refractivity contribution in [2.45, 2.75) is 31.7 Å². The van der Waals surface area contributed by atoms with Gasteiger partial charge in [-0.3, -0.25) is 9.63 Å². The normalized spacial score (nSPS) is 15.3. The lowest BCUT2D eigenvalue weighted by Gasteiger charge is -2.32. The van der Waals surface area contributed by atoms with Gasteiger partial charge < -0.3 is 5.32 Å². The Morgan fingerprint density at radius 2 is 2.04 bits per heavy atom. The molecule has 25 heavy (non-hydrogen) atoms. The van der Waals surface area contributed by atoms with E-state index >= 15 is 0 Å². The quantitative estimate of drug-likeness (QED) is 0.786. The fourth-order valence-electron chi connectivity index (χ4n) is 3.08. The highest BCUT2D eigenvalue weighted by atomic mass is 16.7. The molecule has 0 radical (unpaired) electrons. The van der Waals surface area contributed by atoms with Crippen molar-refractivity contribution in [2.75, 3.05) is 20.2 Å². The van der Waals surface area contributed by atoms with Gasteiger partial charge in [0.05, 0.1) is 20.2 Å². The molecule has 1 aliphatic rings. The van der Waals surface area contributed by atoms with Crippen LogP contribution in [0.1, 0.15) is 24.8 Å². The number of nitrogens with one attached hydrogen (secondary N) is 1. The Bertz CT molecular complexity index is 693. The van der Waals surface area contributed by atoms with Crippen molar-refractivity contribution in [1.82, 2.24) is 30.6 Å². The van der Waals surface area contributed by atoms with Crippen LogP contribution in [-0.2, 0) is 23.1 Å². The number of amides is 1. The van der Waals surface area contributed by atoms with Gasteiger partial charge in [0.15, 0.2) is 0 Å². The molecule has 0 bridgehead atoms. The van der Waals surface area contributed by atoms with Gasteiger partial charge in [-0.2, -0.15) is 4.80 Å². The number of carbonyl (C=O) groups excluding carboxylic acids is 1. The van der Waals surface area contributed by atoms with E-state index in [0.717, 1.165) is 37.1 Å². The molecule has 134 valence electrons. The summed E-state index contributed by atoms with van der Waals surface area (Å²) in [6, 6.07) is 8.08. The molecule has 1 N–H and O–H groups in total. The Morgan fingerprint density at radius 1 is 1.32 bits per heavy atom. The number of tetrazole rings is 1. The van der Waals surface area contributed by atoms with Gasteiger partial charge in [0.2, 0.25) is 11.7 Å². The van der Waals surface area contributed by atoms with Crippen LogP contribution in [0.3, 0.4) is 0 Å². The zero-order chi connectivity index (χ0) is 17.6. The smallest absolute Gasteiger partial charge is 0.246 e. The minimum Gasteiger partial charge on any atom is -0.317 e. The van der Waals surface area contributed by atoms with Gasteiger partial charge in [-0.25, -0.2) is 5.06 Å². The number of aromatic nitrogens is 4. The van der Waals surface area contributed by atoms with Crippen LogP contribution in [0.2, 0.25) is 0 Å². The molecule has 8 heteroatoms. The summed E-state index contributed by atoms with van der Waals surface area (Å²) in [4.78, 5) is 19.3. The summed E-state index contributed by atoms with van der Waals surface area (Å²) >= 11 is 0. The number of benzene rings is 1. The standard InChI is InChI=1S/C17H24N6O2/c1-22-20-17(19-21-22)14-6-3-13(4-7-14)5-8-16(24)23(25-2)15-9-11-18-12-10-15/h3-4,6-7,15,18H,5,8-12H2,1-2H3. The first-order valence-corrected chi connectivity index (χ1v) is 8.57. The van der Waals surface area contributed by atoms with Crippen LogP contribution in [0.25, 0.3) is 11.4 Å². The van der Waals surface area contributed by atoms with Crippen molar-refractivity contribution in [3.63, 3.8) is 0 Å². The maximum Gasteiger partial charge on any atom is 0.246 e. The van der Waals surface area contributed by atoms with E-state index < -0.39 is 0 Å². The summed E-state index contributed by atoms with van der Waals surface area (Å²) in [5, 5.41) is 16.9. The van der Waals surface area contributed by atoms with Crippen molar-refractivity contribution in [3.8, 4) is 11.4 Å². The number of hydrogen-bond acceptors (Lipinski definition) is 6. The molecule has 1 aromatic heterocycles. The van der Waals surface area contributed by atoms with E-state index in [2.05, 4.69) is 20.7 Å². The third kappa shape index (κ3) is 4.40. The highest BCUT2D eigenvalue weighted by Gasteiger charge is 2.25. The van der Waals surface area contributed by atoms with Gasteiger partial charge in [-0.05, 0) is 43.1 Å². The highest BCUT2D eigenvalue weighted by Crippen LogP contribution is 2.17. The van der Waals surface area contributed by atoms with Gasteiger partial charge in [-0.1, -0.05) is 24.3 Å². The van der Waals surface area contributed by atoms with E-state index in [-0.39, 0.29) is 11.9 Å². The third-order valence-electron chi connectivity index (χ3n) is 4.43. The second-order valence-corrected chi connectivity index (χ2v) is 6.18. The Hall–Kier alpha value is -2.32. The summed E-state index contributed by atoms with van der Waals surface area (Å²) in [5.41, 5.74) is 2.01. The summed E-state index contributed by atoms with van der Waals surface area (Å²) in [5.74, 6) is 0.635. The fraction of sp³-hybridized carbons (Fsp3) is 0.529. The summed E-state index contributed by atoms with van der Waals surface area (Å²) < 4.78 is 0. The second kappa shape index (κ2) is 8.17. The number of carbonyl (C=O) groups is 1. The predicted molar refractivity (Wildman–Crippen MR) is 92.3 cm³/mol. The lowest BCUT2D eigenvalue weighted by atomic mass is 10.0. The molecule has 1 aliphatic heterocycles. The summed E-state index contributed by atoms with van der Waals surface area (Å²) in [6.45, 7) is 1.85. The van der Waals surface area contributed by atoms with Crippen molar-refractivity contribution in [1.29, 1.82) is 0 Å². The molecule has 0 saturated carbocycles. The highest BCUT2D eigenvalue weighted by molar-refractivity contribution is 5.75. The Balaban J connectivity index is 1.56. The van der Waals surface area contributed by atoms with Gasteiger partial charge in [0.25, 0.3) is 0 Å². The van der Waals surface area contributed by atoms with E-state index in [4.69, 9.17) is 4.84 Å². The number of rotatable bonds is 6. The van der Waals surface area contributed by atoms with E-state index in [1.165, 1.54) is 4.80 Å². The fourth-order valence-corrected chi connectivity index (χ4v) is 3.08. The second-order valence-electron chi connectivity index (χ2n) is 6.18. The van der Waals surface area contributed by atoms with Gasteiger partial charge in [0, 0.05) is 12.0 Å². The van der Waals surface area contributed by atoms with E-state index in [1.54, 1.807) is 19.2 Å². The minimum atomic E-state index is 0.0362. The molecule has 2 aromatic rings. The molecule has 2 heterocycles. The predicted octanol–water partition coefficient (Wildman–Crippen LogP) is 0.952. The molecule has 0 atom stereocenters. The van der Waals surface area contributed by atoms with Crippen LogP contribution in [0.15, 0.2) is 24.3 Å². The van der Waals surface area contributed by atoms with Crippen LogP contribution < -0.4 is 5.32 Å². The Kier molecular flexibility index (Phi) is 5.72. The molecular weight excluding hydrogens is 320 g/mol. The average molecular weight is 344 g/mol. The molecule has 0 unspecified atom stereocenters. The maximum atomic E-state index is 12.5. The number of aryl methyl sites for hydroxylation is 2. The Labute approximate surface area is 147 Å². The topological polar surface area (TPSA) is 85.2 Å². The number of nitrogens with zero attached hydrogens (tertiary/aromatic N) is 5. The molecule has 0 aliphatic carbocycles. The van der Waals surface area contributed by atoms with Crippen molar-refractivity contribution < 1.29 is 9.63 Å². The zero-order valence-electron chi connectivity index (χ0n) is 14.7. The molecule has 1 fully saturated rings. The minimum absolute atomic E-state index is 0.0362. The first-order chi connectivity index (χ1) is 12.2. The molecule has 1 amide bonds. The van der Waals surface area contributed by atoms with E-state index in [1.807, 2.05) is 24.3 Å². The molecular formula is C17H24N6O2. The monoisotopic (exact) mass is 344 g/mol. The van der Waals surface area contributed by atoms with Crippen LogP contribution in [0.5, 0.6) is 0 Å². The largest absolute Gasteiger partial charge is 0.317 e. The number of hydrogen-bond donors (Lipinski definition) is 1. The average Bonchev–Trinajstić information content (AvgIpc) is 3.08. The molecule has 0 spiro atoms. The summed E-state index contributed by atoms with van der Waals surface area (Å²) in [7, 11) is 3.31. The van der Waals surface area contributed by atoms with Crippen molar-refractivity contribution in [3.05, 3.63) is 29.8 Å². The van der Waals surface area contributed by atoms with Crippen LogP contribution in [-0.4, -0.2) is 57.4 Å². The first-order valence-electron chi connectivity index (χ1n) is 8.57. The zero-order valence-corrected chi connectivity index (χ0v) is 14.7. The third-order valence-corrected chi connectivity index (χ3v) is 4.43. The molecule has 1 aromatic carbocycles. The van der Waals surface area contributed by atoms with Crippen LogP contribution in [0, 0.1) is 0 Å². The van der Waals surface area contributed by atoms with Crippen LogP contribution in [0.4, 0.5) is 0 Å². The number of piperidine rings is 1.